The zero-order chi connectivity index (χ0) is 63.2. The molecule has 11 N–H and O–H groups in total. The molecule has 0 aliphatic carbocycles. The van der Waals surface area contributed by atoms with E-state index in [2.05, 4.69) is 47.4 Å². The van der Waals surface area contributed by atoms with Gasteiger partial charge in [-0.15, -0.1) is 5.59 Å². The van der Waals surface area contributed by atoms with Gasteiger partial charge in [0.1, 0.15) is 11.3 Å². The van der Waals surface area contributed by atoms with E-state index < -0.39 is 26.0 Å². The number of nitrogens with one attached hydrogen (secondary N) is 9. The molecule has 1 heterocycles. The van der Waals surface area contributed by atoms with Crippen LogP contribution < -0.4 is 56.7 Å². The molecule has 0 atom stereocenters. The number of aliphatic hydroxyl groups excluding tert-OH is 2. The number of amides is 2. The monoisotopic (exact) mass is 1270 g/mol. The lowest BCUT2D eigenvalue weighted by atomic mass is 9.95. The van der Waals surface area contributed by atoms with Crippen LogP contribution in [0.1, 0.15) is 54.9 Å². The molecule has 0 saturated carbocycles. The first-order chi connectivity index (χ1) is 43.0. The zero-order valence-electron chi connectivity index (χ0n) is 49.9. The summed E-state index contributed by atoms with van der Waals surface area (Å²) in [4.78, 5) is 38.1. The van der Waals surface area contributed by atoms with Crippen molar-refractivity contribution in [2.24, 2.45) is 0 Å². The molecule has 0 aliphatic heterocycles. The van der Waals surface area contributed by atoms with Crippen molar-refractivity contribution in [3.63, 3.8) is 0 Å². The fraction of sp³-hybridized carbons (Fsp3) is 0.246. The molecule has 0 spiro atoms. The van der Waals surface area contributed by atoms with Crippen LogP contribution >= 0.6 is 11.8 Å². The fourth-order valence-electron chi connectivity index (χ4n) is 9.71. The summed E-state index contributed by atoms with van der Waals surface area (Å²) in [5.74, 6) is 1.29. The molecule has 2 amide bonds. The second-order valence-electron chi connectivity index (χ2n) is 20.6. The molecule has 0 saturated heterocycles. The summed E-state index contributed by atoms with van der Waals surface area (Å²) in [5.41, 5.74) is 25.3. The maximum Gasteiger partial charge on any atom is 0.290 e. The minimum atomic E-state index is -4.08. The number of aliphatic hydroxyl groups is 2. The molecule has 0 unspecified atom stereocenters. The van der Waals surface area contributed by atoms with Crippen molar-refractivity contribution in [1.29, 1.82) is 0 Å². The van der Waals surface area contributed by atoms with E-state index in [1.807, 2.05) is 79.7 Å². The summed E-state index contributed by atoms with van der Waals surface area (Å²) < 4.78 is 67.7. The van der Waals surface area contributed by atoms with E-state index in [-0.39, 0.29) is 55.4 Å². The quantitative estimate of drug-likeness (QED) is 0.00782. The number of para-hydroxylation sites is 1. The molecule has 8 aromatic rings. The number of anilines is 5. The molecule has 0 aliphatic rings. The number of aromatic nitrogens is 1. The van der Waals surface area contributed by atoms with Gasteiger partial charge in [-0.2, -0.15) is 16.3 Å². The number of benzene rings is 7. The van der Waals surface area contributed by atoms with Crippen LogP contribution in [0.15, 0.2) is 180 Å². The number of hydroxylamine groups is 1. The zero-order valence-corrected chi connectivity index (χ0v) is 52.3. The van der Waals surface area contributed by atoms with E-state index in [1.54, 1.807) is 128 Å². The van der Waals surface area contributed by atoms with Crippen LogP contribution in [0.25, 0.3) is 11.1 Å². The third-order valence-electron chi connectivity index (χ3n) is 14.1. The third-order valence-corrected chi connectivity index (χ3v) is 18.2. The number of carbonyl (C=O) groups is 2. The van der Waals surface area contributed by atoms with Gasteiger partial charge in [0, 0.05) is 66.6 Å². The van der Waals surface area contributed by atoms with Crippen LogP contribution in [-0.4, -0.2) is 83.4 Å². The third kappa shape index (κ3) is 19.3. The van der Waals surface area contributed by atoms with E-state index in [9.17, 15) is 36.6 Å². The first-order valence-corrected chi connectivity index (χ1v) is 32.8. The Labute approximate surface area is 524 Å². The molecular weight excluding hydrogens is 1190 g/mol. The Bertz CT molecular complexity index is 3920. The van der Waals surface area contributed by atoms with Gasteiger partial charge in [0.2, 0.25) is 6.54 Å². The summed E-state index contributed by atoms with van der Waals surface area (Å²) in [6, 6.07) is 46.2. The molecule has 89 heavy (non-hydrogen) atoms. The smallest absolute Gasteiger partial charge is 0.290 e. The van der Waals surface area contributed by atoms with Gasteiger partial charge < -0.3 is 31.0 Å². The highest BCUT2D eigenvalue weighted by atomic mass is 32.2. The Morgan fingerprint density at radius 1 is 0.596 bits per heavy atom. The molecule has 468 valence electrons. The van der Waals surface area contributed by atoms with Crippen molar-refractivity contribution in [2.45, 2.75) is 70.1 Å². The van der Waals surface area contributed by atoms with Crippen molar-refractivity contribution >= 4 is 72.1 Å². The number of sulfonamides is 2. The minimum absolute atomic E-state index is 0.00271. The molecule has 24 heteroatoms. The lowest BCUT2D eigenvalue weighted by Gasteiger charge is -2.17. The highest BCUT2D eigenvalue weighted by molar-refractivity contribution is 7.99. The fourth-order valence-corrected chi connectivity index (χ4v) is 13.0. The predicted octanol–water partition coefficient (Wildman–Crippen LogP) is 8.37. The molecule has 0 radical (unpaired) electrons. The number of nitrogens with zero attached hydrogens (tertiary/aromatic N) is 1. The largest absolute Gasteiger partial charge is 0.476 e. The van der Waals surface area contributed by atoms with E-state index >= 15 is 0 Å². The first-order valence-electron chi connectivity index (χ1n) is 28.7. The van der Waals surface area contributed by atoms with Crippen LogP contribution in [0.4, 0.5) is 28.4 Å². The average Bonchev–Trinajstić information content (AvgIpc) is 2.97. The standard InChI is InChI=1S/C65H74N10O11S3/c1-45-18-28-60(88(80,81)72-58-26-22-56(23-27-58)71-74-86-43-54-14-6-5-12-50(54)30-35-76)47(3)63(45)52-15-9-11-49(39-52)42-85-68-33-38-87-37-32-66-65(79)53-16-10-34-75(40-53)41-62(78)69-64-46(2)19-29-61(48(64)4)89(82,83)73-57-24-20-55(21-25-57)70-67-44-84-59-17-8-7-13-51(59)31-36-77/h5-29,34,39-40,67-68,70-74,76-77H,30-33,35-38,41-44H2,1-4H3,(H-,66,69,78,79)/p+1. The maximum atomic E-state index is 13.8. The Hall–Kier alpha value is -8.40. The minimum Gasteiger partial charge on any atom is -0.476 e. The number of ether oxygens (including phenoxy) is 1. The van der Waals surface area contributed by atoms with Crippen molar-refractivity contribution in [3.8, 4) is 16.9 Å². The molecular formula is C65H75N10O11S3+. The van der Waals surface area contributed by atoms with Crippen LogP contribution in [0, 0.1) is 27.7 Å². The Morgan fingerprint density at radius 2 is 1.21 bits per heavy atom. The van der Waals surface area contributed by atoms with E-state index in [0.29, 0.717) is 93.9 Å². The second-order valence-corrected chi connectivity index (χ2v) is 25.1. The number of rotatable bonds is 34. The molecule has 0 fully saturated rings. The number of hydrogen-bond acceptors (Lipinski definition) is 17. The summed E-state index contributed by atoms with van der Waals surface area (Å²) in [5, 5.41) is 24.5. The maximum absolute atomic E-state index is 13.8. The molecule has 8 rings (SSSR count). The van der Waals surface area contributed by atoms with Crippen LogP contribution in [0.3, 0.4) is 0 Å². The van der Waals surface area contributed by atoms with Crippen molar-refractivity contribution in [1.82, 2.24) is 21.8 Å². The molecule has 7 aromatic carbocycles. The second kappa shape index (κ2) is 32.7. The van der Waals surface area contributed by atoms with Gasteiger partial charge in [0.25, 0.3) is 31.9 Å². The van der Waals surface area contributed by atoms with Gasteiger partial charge in [-0.1, -0.05) is 72.8 Å². The number of aryl methyl sites for hydroxylation is 2. The van der Waals surface area contributed by atoms with Crippen molar-refractivity contribution in [3.05, 3.63) is 220 Å². The highest BCUT2D eigenvalue weighted by Gasteiger charge is 2.24. The Kier molecular flexibility index (Phi) is 24.5. The number of thioether (sulfide) groups is 1. The van der Waals surface area contributed by atoms with Gasteiger partial charge in [0.05, 0.1) is 28.7 Å². The highest BCUT2D eigenvalue weighted by Crippen LogP contribution is 2.34. The number of hydrazine groups is 2. The summed E-state index contributed by atoms with van der Waals surface area (Å²) >= 11 is 1.63. The molecule has 1 aromatic heterocycles. The van der Waals surface area contributed by atoms with Gasteiger partial charge in [0.15, 0.2) is 19.1 Å². The lowest BCUT2D eigenvalue weighted by molar-refractivity contribution is -0.684. The average molecular weight is 1270 g/mol. The van der Waals surface area contributed by atoms with Gasteiger partial charge >= 0.3 is 0 Å². The first kappa shape index (κ1) is 66.6. The topological polar surface area (TPSA) is 283 Å². The van der Waals surface area contributed by atoms with E-state index in [0.717, 1.165) is 38.9 Å². The lowest BCUT2D eigenvalue weighted by Crippen LogP contribution is -2.41. The molecule has 21 nitrogen and oxygen atoms in total. The van der Waals surface area contributed by atoms with Gasteiger partial charge in [-0.05, 0) is 175 Å². The van der Waals surface area contributed by atoms with Gasteiger partial charge in [-0.3, -0.25) is 34.1 Å². The SMILES string of the molecule is Cc1ccc(S(=O)(=O)Nc2ccc(NNCOc3ccccc3CCO)cc2)c(C)c1NC(=O)C[n+]1cccc(C(=O)NCCSCCNOCc2cccc(-c3c(C)ccc(S(=O)(=O)Nc4ccc(NNOCc5ccccc5CCO)cc4)c3C)c2)c1. The van der Waals surface area contributed by atoms with E-state index in [1.165, 1.54) is 6.07 Å². The number of carbonyl (C=O) groups excluding carboxylic acids is 2. The van der Waals surface area contributed by atoms with Gasteiger partial charge in [-0.25, -0.2) is 27.7 Å². The number of pyridine rings is 1. The van der Waals surface area contributed by atoms with Crippen molar-refractivity contribution in [2.75, 3.05) is 70.2 Å². The summed E-state index contributed by atoms with van der Waals surface area (Å²) in [6.07, 6.45) is 4.26. The summed E-state index contributed by atoms with van der Waals surface area (Å²) in [7, 11) is -8.05. The van der Waals surface area contributed by atoms with Crippen molar-refractivity contribution < 1.29 is 55.6 Å². The van der Waals surface area contributed by atoms with Crippen LogP contribution in [0.5, 0.6) is 5.75 Å². The normalized spacial score (nSPS) is 11.4. The predicted molar refractivity (Wildman–Crippen MR) is 348 cm³/mol. The molecule has 0 bridgehead atoms. The van der Waals surface area contributed by atoms with Crippen LogP contribution in [-0.2, 0) is 67.1 Å². The Morgan fingerprint density at radius 3 is 1.92 bits per heavy atom. The summed E-state index contributed by atoms with van der Waals surface area (Å²) in [6.45, 7) is 8.70. The van der Waals surface area contributed by atoms with E-state index in [4.69, 9.17) is 14.4 Å². The van der Waals surface area contributed by atoms with Crippen LogP contribution in [0.2, 0.25) is 0 Å². The number of hydrogen-bond donors (Lipinski definition) is 11. The Balaban J connectivity index is 0.726.